The van der Waals surface area contributed by atoms with Crippen molar-refractivity contribution >= 4 is 0 Å². The molecule has 4 heteroatoms. The minimum atomic E-state index is -0.120. The second-order valence-corrected chi connectivity index (χ2v) is 4.89. The molecule has 0 aliphatic carbocycles. The van der Waals surface area contributed by atoms with E-state index in [9.17, 15) is 4.39 Å². The van der Waals surface area contributed by atoms with Crippen molar-refractivity contribution in [2.45, 2.75) is 40.8 Å². The highest BCUT2D eigenvalue weighted by atomic mass is 19.1. The molecule has 2 rings (SSSR count). The maximum absolute atomic E-state index is 13.5. The van der Waals surface area contributed by atoms with Crippen molar-refractivity contribution in [1.29, 1.82) is 0 Å². The van der Waals surface area contributed by atoms with E-state index >= 15 is 0 Å². The van der Waals surface area contributed by atoms with Gasteiger partial charge in [-0.3, -0.25) is 0 Å². The van der Waals surface area contributed by atoms with Gasteiger partial charge in [0, 0.05) is 13.5 Å². The first-order chi connectivity index (χ1) is 8.97. The van der Waals surface area contributed by atoms with E-state index in [0.717, 1.165) is 17.0 Å². The normalized spacial score (nSPS) is 11.0. The largest absolute Gasteiger partial charge is 0.444 e. The summed E-state index contributed by atoms with van der Waals surface area (Å²) in [5.74, 6) is 1.42. The molecule has 0 saturated carbocycles. The molecule has 0 unspecified atom stereocenters. The molecule has 0 atom stereocenters. The lowest BCUT2D eigenvalue weighted by Gasteiger charge is -2.07. The number of hydrogen-bond donors (Lipinski definition) is 1. The van der Waals surface area contributed by atoms with Gasteiger partial charge in [-0.05, 0) is 37.5 Å². The van der Waals surface area contributed by atoms with E-state index in [2.05, 4.69) is 10.3 Å². The SMILES string of the molecule is Cc1nc(C)c(CNCc2cc(C)c(F)c(C)c2)o1. The first-order valence-electron chi connectivity index (χ1n) is 6.36. The van der Waals surface area contributed by atoms with E-state index in [1.807, 2.05) is 26.0 Å². The number of nitrogens with one attached hydrogen (secondary N) is 1. The number of aromatic nitrogens is 1. The molecule has 1 heterocycles. The van der Waals surface area contributed by atoms with Crippen LogP contribution in [-0.4, -0.2) is 4.98 Å². The minimum absolute atomic E-state index is 0.120. The molecule has 0 aliphatic rings. The molecule has 102 valence electrons. The van der Waals surface area contributed by atoms with Gasteiger partial charge in [0.15, 0.2) is 5.89 Å². The maximum atomic E-state index is 13.5. The lowest BCUT2D eigenvalue weighted by Crippen LogP contribution is -2.13. The molecule has 0 spiro atoms. The zero-order valence-electron chi connectivity index (χ0n) is 11.8. The van der Waals surface area contributed by atoms with Crippen molar-refractivity contribution in [1.82, 2.24) is 10.3 Å². The van der Waals surface area contributed by atoms with Crippen LogP contribution in [0.2, 0.25) is 0 Å². The van der Waals surface area contributed by atoms with Crippen LogP contribution in [0.1, 0.15) is 34.0 Å². The van der Waals surface area contributed by atoms with Gasteiger partial charge in [0.05, 0.1) is 12.2 Å². The molecule has 0 fully saturated rings. The van der Waals surface area contributed by atoms with Crippen LogP contribution in [0, 0.1) is 33.5 Å². The van der Waals surface area contributed by atoms with Crippen LogP contribution in [0.25, 0.3) is 0 Å². The average molecular weight is 262 g/mol. The van der Waals surface area contributed by atoms with Crippen LogP contribution in [0.4, 0.5) is 4.39 Å². The van der Waals surface area contributed by atoms with E-state index in [1.165, 1.54) is 0 Å². The summed E-state index contributed by atoms with van der Waals surface area (Å²) >= 11 is 0. The summed E-state index contributed by atoms with van der Waals surface area (Å²) < 4.78 is 19.0. The number of benzene rings is 1. The van der Waals surface area contributed by atoms with Gasteiger partial charge in [-0.2, -0.15) is 0 Å². The van der Waals surface area contributed by atoms with Crippen molar-refractivity contribution in [3.05, 3.63) is 52.0 Å². The molecule has 19 heavy (non-hydrogen) atoms. The molecule has 0 aliphatic heterocycles. The summed E-state index contributed by atoms with van der Waals surface area (Å²) in [7, 11) is 0. The van der Waals surface area contributed by atoms with E-state index in [1.54, 1.807) is 13.8 Å². The van der Waals surface area contributed by atoms with Crippen molar-refractivity contribution < 1.29 is 8.81 Å². The third kappa shape index (κ3) is 3.20. The Morgan fingerprint density at radius 1 is 1.11 bits per heavy atom. The highest BCUT2D eigenvalue weighted by Gasteiger charge is 2.07. The first-order valence-corrected chi connectivity index (χ1v) is 6.36. The second-order valence-electron chi connectivity index (χ2n) is 4.89. The Morgan fingerprint density at radius 3 is 2.26 bits per heavy atom. The average Bonchev–Trinajstić information content (AvgIpc) is 2.65. The zero-order valence-corrected chi connectivity index (χ0v) is 11.8. The number of aryl methyl sites for hydroxylation is 4. The third-order valence-corrected chi connectivity index (χ3v) is 3.11. The van der Waals surface area contributed by atoms with Crippen molar-refractivity contribution in [3.63, 3.8) is 0 Å². The molecule has 0 radical (unpaired) electrons. The monoisotopic (exact) mass is 262 g/mol. The lowest BCUT2D eigenvalue weighted by molar-refractivity contribution is 0.453. The quantitative estimate of drug-likeness (QED) is 0.918. The summed E-state index contributed by atoms with van der Waals surface area (Å²) in [5, 5.41) is 3.29. The Bertz CT molecular complexity index is 567. The molecule has 3 nitrogen and oxygen atoms in total. The lowest BCUT2D eigenvalue weighted by atomic mass is 10.1. The topological polar surface area (TPSA) is 38.1 Å². The van der Waals surface area contributed by atoms with Gasteiger partial charge in [-0.15, -0.1) is 0 Å². The summed E-state index contributed by atoms with van der Waals surface area (Å²) in [5.41, 5.74) is 3.36. The molecule has 0 bridgehead atoms. The van der Waals surface area contributed by atoms with Crippen LogP contribution >= 0.6 is 0 Å². The number of halogens is 1. The Balaban J connectivity index is 1.98. The van der Waals surface area contributed by atoms with Gasteiger partial charge < -0.3 is 9.73 Å². The molecular formula is C15H19FN2O. The predicted octanol–water partition coefficient (Wildman–Crippen LogP) is 3.34. The van der Waals surface area contributed by atoms with Gasteiger partial charge >= 0.3 is 0 Å². The van der Waals surface area contributed by atoms with E-state index in [-0.39, 0.29) is 5.82 Å². The van der Waals surface area contributed by atoms with Crippen LogP contribution in [0.5, 0.6) is 0 Å². The van der Waals surface area contributed by atoms with Crippen molar-refractivity contribution in [2.24, 2.45) is 0 Å². The predicted molar refractivity (Wildman–Crippen MR) is 72.4 cm³/mol. The smallest absolute Gasteiger partial charge is 0.191 e. The van der Waals surface area contributed by atoms with Crippen LogP contribution in [-0.2, 0) is 13.1 Å². The van der Waals surface area contributed by atoms with Gasteiger partial charge in [-0.1, -0.05) is 12.1 Å². The fourth-order valence-corrected chi connectivity index (χ4v) is 2.20. The molecule has 0 amide bonds. The first kappa shape index (κ1) is 13.7. The Kier molecular flexibility index (Phi) is 4.00. The highest BCUT2D eigenvalue weighted by Crippen LogP contribution is 2.15. The van der Waals surface area contributed by atoms with Gasteiger partial charge in [-0.25, -0.2) is 9.37 Å². The molecule has 1 N–H and O–H groups in total. The van der Waals surface area contributed by atoms with Crippen molar-refractivity contribution in [3.8, 4) is 0 Å². The highest BCUT2D eigenvalue weighted by molar-refractivity contribution is 5.30. The van der Waals surface area contributed by atoms with Crippen molar-refractivity contribution in [2.75, 3.05) is 0 Å². The number of nitrogens with zero attached hydrogens (tertiary/aromatic N) is 1. The van der Waals surface area contributed by atoms with Gasteiger partial charge in [0.25, 0.3) is 0 Å². The molecule has 0 saturated heterocycles. The summed E-state index contributed by atoms with van der Waals surface area (Å²) in [4.78, 5) is 4.22. The molecule has 1 aromatic carbocycles. The van der Waals surface area contributed by atoms with Gasteiger partial charge in [0.1, 0.15) is 11.6 Å². The van der Waals surface area contributed by atoms with E-state index < -0.39 is 0 Å². The van der Waals surface area contributed by atoms with E-state index in [0.29, 0.717) is 30.1 Å². The molecule has 1 aromatic heterocycles. The standard InChI is InChI=1S/C15H19FN2O/c1-9-5-13(6-10(2)15(9)16)7-17-8-14-11(3)18-12(4)19-14/h5-6,17H,7-8H2,1-4H3. The molecule has 2 aromatic rings. The fourth-order valence-electron chi connectivity index (χ4n) is 2.20. The van der Waals surface area contributed by atoms with Crippen LogP contribution in [0.15, 0.2) is 16.5 Å². The summed E-state index contributed by atoms with van der Waals surface area (Å²) in [6, 6.07) is 3.74. The Hall–Kier alpha value is -1.68. The number of rotatable bonds is 4. The van der Waals surface area contributed by atoms with Crippen LogP contribution in [0.3, 0.4) is 0 Å². The van der Waals surface area contributed by atoms with E-state index in [4.69, 9.17) is 4.42 Å². The second kappa shape index (κ2) is 5.53. The maximum Gasteiger partial charge on any atom is 0.191 e. The Morgan fingerprint density at radius 2 is 1.74 bits per heavy atom. The molecular weight excluding hydrogens is 243 g/mol. The summed E-state index contributed by atoms with van der Waals surface area (Å²) in [6.45, 7) is 8.65. The Labute approximate surface area is 112 Å². The number of oxazole rings is 1. The number of hydrogen-bond acceptors (Lipinski definition) is 3. The third-order valence-electron chi connectivity index (χ3n) is 3.11. The minimum Gasteiger partial charge on any atom is -0.444 e. The zero-order chi connectivity index (χ0) is 14.0. The van der Waals surface area contributed by atoms with Crippen LogP contribution < -0.4 is 5.32 Å². The summed E-state index contributed by atoms with van der Waals surface area (Å²) in [6.07, 6.45) is 0. The fraction of sp³-hybridized carbons (Fsp3) is 0.400. The van der Waals surface area contributed by atoms with Gasteiger partial charge in [0.2, 0.25) is 0 Å².